The Bertz CT molecular complexity index is 1750. The monoisotopic (exact) mass is 577 g/mol. The molecule has 1 fully saturated rings. The minimum atomic E-state index is -4.53. The van der Waals surface area contributed by atoms with Crippen LogP contribution in [0.15, 0.2) is 36.7 Å². The minimum absolute atomic E-state index is 0.0260. The van der Waals surface area contributed by atoms with Gasteiger partial charge >= 0.3 is 6.18 Å². The van der Waals surface area contributed by atoms with Crippen LogP contribution in [0.4, 0.5) is 28.9 Å². The summed E-state index contributed by atoms with van der Waals surface area (Å²) in [6, 6.07) is 9.33. The highest BCUT2D eigenvalue weighted by molar-refractivity contribution is 5.99. The molecule has 1 saturated carbocycles. The molecule has 0 radical (unpaired) electrons. The van der Waals surface area contributed by atoms with E-state index in [2.05, 4.69) is 43.1 Å². The van der Waals surface area contributed by atoms with Crippen LogP contribution in [-0.4, -0.2) is 37.7 Å². The largest absolute Gasteiger partial charge is 0.413 e. The van der Waals surface area contributed by atoms with Gasteiger partial charge in [-0.2, -0.15) is 28.1 Å². The molecule has 2 N–H and O–H groups in total. The van der Waals surface area contributed by atoms with Crippen LogP contribution in [0.3, 0.4) is 0 Å². The molecule has 9 nitrogen and oxygen atoms in total. The molecule has 0 aliphatic heterocycles. The quantitative estimate of drug-likeness (QED) is 0.199. The van der Waals surface area contributed by atoms with Gasteiger partial charge in [-0.05, 0) is 43.4 Å². The Kier molecular flexibility index (Phi) is 7.01. The molecule has 1 aliphatic carbocycles. The lowest BCUT2D eigenvalue weighted by molar-refractivity contribution is -0.182. The van der Waals surface area contributed by atoms with Gasteiger partial charge in [0, 0.05) is 35.1 Å². The minimum Gasteiger partial charge on any atom is -0.383 e. The molecule has 0 spiro atoms. The van der Waals surface area contributed by atoms with Crippen molar-refractivity contribution >= 4 is 22.3 Å². The number of anilines is 2. The van der Waals surface area contributed by atoms with E-state index in [1.165, 1.54) is 18.3 Å². The van der Waals surface area contributed by atoms with Gasteiger partial charge in [0.1, 0.15) is 23.9 Å². The van der Waals surface area contributed by atoms with Crippen molar-refractivity contribution in [1.82, 2.24) is 25.0 Å². The number of fused-ring (bicyclic) bond motifs is 1. The maximum absolute atomic E-state index is 15.2. The zero-order chi connectivity index (χ0) is 30.4. The number of nitriles is 2. The van der Waals surface area contributed by atoms with E-state index in [-0.39, 0.29) is 40.6 Å². The van der Waals surface area contributed by atoms with E-state index in [1.807, 2.05) is 20.8 Å². The van der Waals surface area contributed by atoms with E-state index in [9.17, 15) is 23.7 Å². The molecule has 3 heterocycles. The second-order valence-electron chi connectivity index (χ2n) is 11.6. The van der Waals surface area contributed by atoms with Gasteiger partial charge in [-0.3, -0.25) is 4.98 Å². The van der Waals surface area contributed by atoms with Crippen molar-refractivity contribution in [3.63, 3.8) is 0 Å². The first-order valence-electron chi connectivity index (χ1n) is 13.2. The predicted molar refractivity (Wildman–Crippen MR) is 147 cm³/mol. The van der Waals surface area contributed by atoms with Gasteiger partial charge in [-0.15, -0.1) is 5.10 Å². The summed E-state index contributed by atoms with van der Waals surface area (Å²) in [5.41, 5.74) is -0.216. The highest BCUT2D eigenvalue weighted by atomic mass is 19.4. The van der Waals surface area contributed by atoms with Crippen molar-refractivity contribution in [2.45, 2.75) is 58.3 Å². The second kappa shape index (κ2) is 10.2. The van der Waals surface area contributed by atoms with E-state index in [1.54, 1.807) is 19.1 Å². The molecule has 3 aromatic heterocycles. The Morgan fingerprint density at radius 2 is 1.81 bits per heavy atom. The van der Waals surface area contributed by atoms with E-state index >= 15 is 4.39 Å². The Hall–Kier alpha value is -4.78. The molecule has 4 aromatic rings. The van der Waals surface area contributed by atoms with Gasteiger partial charge in [-0.25, -0.2) is 9.67 Å². The SMILES string of the molecule is Cc1ccc([C@H](Nc2cc(C#N)c3ncc(C#N)c(NCC(C)(C)C)c3c2)c2cn(C3(C(F)(F)F)CC3)nn2)c(F)n1. The standard InChI is InChI=1S/C29H27F4N9/c1-16-5-6-20(26(30)38-16)25(22-14-42(41-40-22)28(7-8-28)29(31,32)33)39-19-9-17(11-34)23-21(10-19)24(18(12-35)13-36-23)37-15-27(2,3)4/h5-6,9-10,13-14,25,39H,7-8,15H2,1-4H3,(H,36,37)/t25-/m0/s1. The molecule has 0 bridgehead atoms. The van der Waals surface area contributed by atoms with Crippen LogP contribution >= 0.6 is 0 Å². The first-order valence-corrected chi connectivity index (χ1v) is 13.2. The third-order valence-corrected chi connectivity index (χ3v) is 7.14. The van der Waals surface area contributed by atoms with E-state index in [0.717, 1.165) is 10.9 Å². The maximum atomic E-state index is 15.2. The molecule has 1 aliphatic rings. The van der Waals surface area contributed by atoms with Gasteiger partial charge in [-0.1, -0.05) is 32.1 Å². The fourth-order valence-corrected chi connectivity index (χ4v) is 4.71. The molecule has 42 heavy (non-hydrogen) atoms. The number of rotatable bonds is 7. The van der Waals surface area contributed by atoms with E-state index < -0.39 is 23.7 Å². The molecule has 0 unspecified atom stereocenters. The van der Waals surface area contributed by atoms with Crippen LogP contribution in [0.1, 0.15) is 67.7 Å². The van der Waals surface area contributed by atoms with Crippen LogP contribution in [0.2, 0.25) is 0 Å². The molecular weight excluding hydrogens is 550 g/mol. The molecule has 0 saturated heterocycles. The van der Waals surface area contributed by atoms with Crippen molar-refractivity contribution in [2.24, 2.45) is 5.41 Å². The van der Waals surface area contributed by atoms with Gasteiger partial charge < -0.3 is 10.6 Å². The molecule has 5 rings (SSSR count). The van der Waals surface area contributed by atoms with Crippen LogP contribution in [0, 0.1) is 40.9 Å². The summed E-state index contributed by atoms with van der Waals surface area (Å²) in [6.07, 6.45) is -2.24. The summed E-state index contributed by atoms with van der Waals surface area (Å²) >= 11 is 0. The molecule has 0 amide bonds. The number of nitrogens with zero attached hydrogens (tertiary/aromatic N) is 7. The first-order chi connectivity index (χ1) is 19.8. The normalized spacial score (nSPS) is 15.1. The number of benzene rings is 1. The average molecular weight is 578 g/mol. The molecule has 216 valence electrons. The van der Waals surface area contributed by atoms with Crippen LogP contribution < -0.4 is 10.6 Å². The Morgan fingerprint density at radius 1 is 1.10 bits per heavy atom. The zero-order valence-electron chi connectivity index (χ0n) is 23.3. The van der Waals surface area contributed by atoms with Crippen molar-refractivity contribution < 1.29 is 17.6 Å². The topological polar surface area (TPSA) is 128 Å². The summed E-state index contributed by atoms with van der Waals surface area (Å²) in [6.45, 7) is 8.19. The lowest BCUT2D eigenvalue weighted by atomic mass is 9.96. The second-order valence-corrected chi connectivity index (χ2v) is 11.6. The molecular formula is C29H27F4N9. The van der Waals surface area contributed by atoms with Crippen molar-refractivity contribution in [3.8, 4) is 12.1 Å². The number of pyridine rings is 2. The number of halogens is 4. The highest BCUT2D eigenvalue weighted by Gasteiger charge is 2.66. The Labute approximate surface area is 239 Å². The Balaban J connectivity index is 1.64. The van der Waals surface area contributed by atoms with E-state index in [4.69, 9.17) is 0 Å². The van der Waals surface area contributed by atoms with Crippen LogP contribution in [0.5, 0.6) is 0 Å². The summed E-state index contributed by atoms with van der Waals surface area (Å²) < 4.78 is 57.4. The lowest BCUT2D eigenvalue weighted by Gasteiger charge is -2.22. The summed E-state index contributed by atoms with van der Waals surface area (Å²) in [5.74, 6) is -0.832. The predicted octanol–water partition coefficient (Wildman–Crippen LogP) is 6.12. The average Bonchev–Trinajstić information content (AvgIpc) is 3.61. The fraction of sp³-hybridized carbons (Fsp3) is 0.379. The fourth-order valence-electron chi connectivity index (χ4n) is 4.71. The Morgan fingerprint density at radius 3 is 2.40 bits per heavy atom. The number of alkyl halides is 3. The lowest BCUT2D eigenvalue weighted by Crippen LogP contribution is -2.35. The van der Waals surface area contributed by atoms with Gasteiger partial charge in [0.15, 0.2) is 5.54 Å². The number of hydrogen-bond acceptors (Lipinski definition) is 8. The maximum Gasteiger partial charge on any atom is 0.413 e. The molecule has 1 atom stereocenters. The number of nitrogens with one attached hydrogen (secondary N) is 2. The van der Waals surface area contributed by atoms with Crippen LogP contribution in [0.25, 0.3) is 10.9 Å². The third kappa shape index (κ3) is 5.30. The number of aromatic nitrogens is 5. The third-order valence-electron chi connectivity index (χ3n) is 7.14. The summed E-state index contributed by atoms with van der Waals surface area (Å²) in [4.78, 5) is 8.22. The molecule has 1 aromatic carbocycles. The van der Waals surface area contributed by atoms with Crippen molar-refractivity contribution in [2.75, 3.05) is 17.2 Å². The van der Waals surface area contributed by atoms with Crippen molar-refractivity contribution in [3.05, 3.63) is 70.7 Å². The van der Waals surface area contributed by atoms with Gasteiger partial charge in [0.05, 0.1) is 28.5 Å². The first kappa shape index (κ1) is 28.7. The molecule has 13 heteroatoms. The smallest absolute Gasteiger partial charge is 0.383 e. The number of aryl methyl sites for hydroxylation is 1. The number of hydrogen-bond donors (Lipinski definition) is 2. The van der Waals surface area contributed by atoms with E-state index in [0.29, 0.717) is 34.5 Å². The highest BCUT2D eigenvalue weighted by Crippen LogP contribution is 2.55. The van der Waals surface area contributed by atoms with Crippen LogP contribution in [-0.2, 0) is 5.54 Å². The van der Waals surface area contributed by atoms with Crippen molar-refractivity contribution in [1.29, 1.82) is 10.5 Å². The summed E-state index contributed by atoms with van der Waals surface area (Å²) in [5, 5.41) is 34.4. The van der Waals surface area contributed by atoms with Gasteiger partial charge in [0.25, 0.3) is 0 Å². The zero-order valence-corrected chi connectivity index (χ0v) is 23.3. The van der Waals surface area contributed by atoms with Gasteiger partial charge in [0.2, 0.25) is 5.95 Å². The summed E-state index contributed by atoms with van der Waals surface area (Å²) in [7, 11) is 0.